The van der Waals surface area contributed by atoms with Gasteiger partial charge in [0.1, 0.15) is 6.04 Å². The average Bonchev–Trinajstić information content (AvgIpc) is 3.01. The van der Waals surface area contributed by atoms with E-state index < -0.39 is 0 Å². The fraction of sp³-hybridized carbons (Fsp3) is 0.643. The predicted molar refractivity (Wildman–Crippen MR) is 78.8 cm³/mol. The van der Waals surface area contributed by atoms with E-state index in [-0.39, 0.29) is 11.9 Å². The number of nitrogens with one attached hydrogen (secondary N) is 1. The Kier molecular flexibility index (Phi) is 4.67. The third-order valence-corrected chi connectivity index (χ3v) is 4.72. The summed E-state index contributed by atoms with van der Waals surface area (Å²) in [7, 11) is 0. The van der Waals surface area contributed by atoms with Gasteiger partial charge in [-0.25, -0.2) is 0 Å². The Bertz CT molecular complexity index is 424. The van der Waals surface area contributed by atoms with Crippen LogP contribution in [0.1, 0.15) is 4.88 Å². The molecule has 0 spiro atoms. The van der Waals surface area contributed by atoms with E-state index in [1.54, 1.807) is 11.3 Å². The van der Waals surface area contributed by atoms with Gasteiger partial charge in [0.25, 0.3) is 0 Å². The van der Waals surface area contributed by atoms with Crippen molar-refractivity contribution in [3.8, 4) is 0 Å². The standard InChI is InChI=1S/C14H21N3O2S/c18-14(13-11-19-8-3-15-13)17-6-4-16(5-7-17)10-12-2-1-9-20-12/h1-2,9,13,15H,3-8,10-11H2. The molecule has 5 nitrogen and oxygen atoms in total. The second-order valence-electron chi connectivity index (χ2n) is 5.26. The van der Waals surface area contributed by atoms with E-state index in [2.05, 4.69) is 27.7 Å². The number of hydrogen-bond acceptors (Lipinski definition) is 5. The molecule has 0 aliphatic carbocycles. The maximum absolute atomic E-state index is 12.3. The number of hydrogen-bond donors (Lipinski definition) is 1. The molecule has 0 radical (unpaired) electrons. The smallest absolute Gasteiger partial charge is 0.242 e. The Balaban J connectivity index is 1.46. The summed E-state index contributed by atoms with van der Waals surface area (Å²) in [6.07, 6.45) is 0. The molecule has 3 heterocycles. The Morgan fingerprint density at radius 3 is 2.90 bits per heavy atom. The molecule has 20 heavy (non-hydrogen) atoms. The zero-order valence-corrected chi connectivity index (χ0v) is 12.4. The van der Waals surface area contributed by atoms with Gasteiger partial charge in [-0.2, -0.15) is 0 Å². The van der Waals surface area contributed by atoms with Crippen LogP contribution in [0, 0.1) is 0 Å². The molecule has 0 saturated carbocycles. The molecular weight excluding hydrogens is 274 g/mol. The average molecular weight is 295 g/mol. The summed E-state index contributed by atoms with van der Waals surface area (Å²) in [5, 5.41) is 5.35. The van der Waals surface area contributed by atoms with Gasteiger partial charge >= 0.3 is 0 Å². The maximum Gasteiger partial charge on any atom is 0.242 e. The summed E-state index contributed by atoms with van der Waals surface area (Å²) in [6, 6.07) is 4.12. The summed E-state index contributed by atoms with van der Waals surface area (Å²) in [6.45, 7) is 6.55. The monoisotopic (exact) mass is 295 g/mol. The number of rotatable bonds is 3. The lowest BCUT2D eigenvalue weighted by molar-refractivity contribution is -0.138. The Labute approximate surface area is 123 Å². The summed E-state index contributed by atoms with van der Waals surface area (Å²) < 4.78 is 5.37. The minimum atomic E-state index is -0.146. The van der Waals surface area contributed by atoms with Crippen LogP contribution in [0.15, 0.2) is 17.5 Å². The molecule has 3 rings (SSSR count). The van der Waals surface area contributed by atoms with Gasteiger partial charge in [-0.3, -0.25) is 9.69 Å². The molecule has 1 atom stereocenters. The quantitative estimate of drug-likeness (QED) is 0.876. The number of carbonyl (C=O) groups is 1. The second kappa shape index (κ2) is 6.67. The van der Waals surface area contributed by atoms with E-state index in [1.165, 1.54) is 4.88 Å². The van der Waals surface area contributed by atoms with Crippen LogP contribution in [0.4, 0.5) is 0 Å². The lowest BCUT2D eigenvalue weighted by Crippen LogP contribution is -2.56. The fourth-order valence-electron chi connectivity index (χ4n) is 2.69. The Hall–Kier alpha value is -0.950. The number of nitrogens with zero attached hydrogens (tertiary/aromatic N) is 2. The fourth-order valence-corrected chi connectivity index (χ4v) is 3.44. The van der Waals surface area contributed by atoms with Crippen molar-refractivity contribution in [3.63, 3.8) is 0 Å². The van der Waals surface area contributed by atoms with Gasteiger partial charge in [0.15, 0.2) is 0 Å². The van der Waals surface area contributed by atoms with Gasteiger partial charge in [0, 0.05) is 44.1 Å². The first kappa shape index (κ1) is 14.0. The van der Waals surface area contributed by atoms with E-state index in [0.717, 1.165) is 39.3 Å². The van der Waals surface area contributed by atoms with E-state index in [4.69, 9.17) is 4.74 Å². The van der Waals surface area contributed by atoms with Gasteiger partial charge in [0.2, 0.25) is 5.91 Å². The molecule has 1 amide bonds. The molecule has 1 unspecified atom stereocenters. The highest BCUT2D eigenvalue weighted by atomic mass is 32.1. The number of morpholine rings is 1. The third kappa shape index (κ3) is 3.38. The van der Waals surface area contributed by atoms with Crippen LogP contribution in [0.2, 0.25) is 0 Å². The molecule has 2 aliphatic rings. The van der Waals surface area contributed by atoms with E-state index in [0.29, 0.717) is 13.2 Å². The van der Waals surface area contributed by atoms with Crippen molar-refractivity contribution >= 4 is 17.2 Å². The molecule has 1 N–H and O–H groups in total. The highest BCUT2D eigenvalue weighted by Crippen LogP contribution is 2.14. The van der Waals surface area contributed by atoms with Crippen molar-refractivity contribution in [2.24, 2.45) is 0 Å². The van der Waals surface area contributed by atoms with Crippen LogP contribution < -0.4 is 5.32 Å². The minimum Gasteiger partial charge on any atom is -0.378 e. The zero-order valence-electron chi connectivity index (χ0n) is 11.6. The van der Waals surface area contributed by atoms with Gasteiger partial charge in [0.05, 0.1) is 13.2 Å². The first-order valence-electron chi connectivity index (χ1n) is 7.17. The molecule has 2 saturated heterocycles. The SMILES string of the molecule is O=C(C1COCCN1)N1CCN(Cc2cccs2)CC1. The first-order valence-corrected chi connectivity index (χ1v) is 8.05. The van der Waals surface area contributed by atoms with Gasteiger partial charge in [-0.1, -0.05) is 6.07 Å². The van der Waals surface area contributed by atoms with Crippen molar-refractivity contribution in [2.45, 2.75) is 12.6 Å². The molecule has 1 aromatic heterocycles. The highest BCUT2D eigenvalue weighted by molar-refractivity contribution is 7.09. The normalized spacial score (nSPS) is 24.8. The number of thiophene rings is 1. The van der Waals surface area contributed by atoms with E-state index in [9.17, 15) is 4.79 Å². The number of ether oxygens (including phenoxy) is 1. The third-order valence-electron chi connectivity index (χ3n) is 3.86. The maximum atomic E-state index is 12.3. The lowest BCUT2D eigenvalue weighted by Gasteiger charge is -2.37. The summed E-state index contributed by atoms with van der Waals surface area (Å²) in [4.78, 5) is 18.1. The molecule has 1 aromatic rings. The Morgan fingerprint density at radius 1 is 1.40 bits per heavy atom. The number of piperazine rings is 1. The second-order valence-corrected chi connectivity index (χ2v) is 6.29. The van der Waals surface area contributed by atoms with Crippen molar-refractivity contribution < 1.29 is 9.53 Å². The zero-order chi connectivity index (χ0) is 13.8. The minimum absolute atomic E-state index is 0.146. The van der Waals surface area contributed by atoms with E-state index in [1.807, 2.05) is 4.90 Å². The summed E-state index contributed by atoms with van der Waals surface area (Å²) >= 11 is 1.80. The van der Waals surface area contributed by atoms with Crippen LogP contribution in [0.5, 0.6) is 0 Å². The van der Waals surface area contributed by atoms with Crippen molar-refractivity contribution in [2.75, 3.05) is 45.9 Å². The number of amides is 1. The highest BCUT2D eigenvalue weighted by Gasteiger charge is 2.28. The van der Waals surface area contributed by atoms with Crippen LogP contribution in [0.25, 0.3) is 0 Å². The van der Waals surface area contributed by atoms with Crippen molar-refractivity contribution in [3.05, 3.63) is 22.4 Å². The first-order chi connectivity index (χ1) is 9.83. The van der Waals surface area contributed by atoms with Gasteiger partial charge in [-0.15, -0.1) is 11.3 Å². The lowest BCUT2D eigenvalue weighted by atomic mass is 10.2. The summed E-state index contributed by atoms with van der Waals surface area (Å²) in [5.74, 6) is 0.195. The molecule has 2 fully saturated rings. The van der Waals surface area contributed by atoms with Crippen LogP contribution in [-0.2, 0) is 16.1 Å². The molecular formula is C14H21N3O2S. The van der Waals surface area contributed by atoms with E-state index >= 15 is 0 Å². The molecule has 0 bridgehead atoms. The molecule has 0 aromatic carbocycles. The molecule has 6 heteroatoms. The predicted octanol–water partition coefficient (Wildman–Crippen LogP) is 0.381. The van der Waals surface area contributed by atoms with Crippen LogP contribution in [-0.4, -0.2) is 67.7 Å². The van der Waals surface area contributed by atoms with Crippen molar-refractivity contribution in [1.82, 2.24) is 15.1 Å². The summed E-state index contributed by atoms with van der Waals surface area (Å²) in [5.41, 5.74) is 0. The van der Waals surface area contributed by atoms with Gasteiger partial charge in [-0.05, 0) is 11.4 Å². The van der Waals surface area contributed by atoms with Gasteiger partial charge < -0.3 is 15.0 Å². The van der Waals surface area contributed by atoms with Crippen LogP contribution in [0.3, 0.4) is 0 Å². The topological polar surface area (TPSA) is 44.8 Å². The number of carbonyl (C=O) groups excluding carboxylic acids is 1. The largest absolute Gasteiger partial charge is 0.378 e. The van der Waals surface area contributed by atoms with Crippen LogP contribution >= 0.6 is 11.3 Å². The molecule has 2 aliphatic heterocycles. The van der Waals surface area contributed by atoms with Crippen molar-refractivity contribution in [1.29, 1.82) is 0 Å². The molecule has 110 valence electrons. The Morgan fingerprint density at radius 2 is 2.25 bits per heavy atom.